The monoisotopic (exact) mass is 355 g/mol. The van der Waals surface area contributed by atoms with Gasteiger partial charge in [0.05, 0.1) is 25.8 Å². The Morgan fingerprint density at radius 1 is 1.15 bits per heavy atom. The number of aryl methyl sites for hydroxylation is 1. The molecule has 0 saturated heterocycles. The van der Waals surface area contributed by atoms with Crippen LogP contribution in [-0.4, -0.2) is 25.4 Å². The number of hydrogen-bond acceptors (Lipinski definition) is 3. The number of carbonyl (C=O) groups is 1. The van der Waals surface area contributed by atoms with Crippen molar-refractivity contribution in [1.82, 2.24) is 5.32 Å². The molecule has 1 aliphatic carbocycles. The van der Waals surface area contributed by atoms with Gasteiger partial charge in [-0.15, -0.1) is 0 Å². The molecule has 2 N–H and O–H groups in total. The zero-order valence-corrected chi connectivity index (χ0v) is 15.6. The van der Waals surface area contributed by atoms with Gasteiger partial charge in [-0.3, -0.25) is 0 Å². The van der Waals surface area contributed by atoms with Gasteiger partial charge in [0.15, 0.2) is 0 Å². The summed E-state index contributed by atoms with van der Waals surface area (Å²) in [4.78, 5) is 11.3. The van der Waals surface area contributed by atoms with E-state index in [9.17, 15) is 9.90 Å². The van der Waals surface area contributed by atoms with Crippen molar-refractivity contribution in [1.29, 1.82) is 0 Å². The number of methoxy groups -OCH3 is 2. The molecule has 1 amide bonds. The Labute approximate surface area is 153 Å². The number of benzene rings is 2. The predicted molar refractivity (Wildman–Crippen MR) is 101 cm³/mol. The normalized spacial score (nSPS) is 17.9. The summed E-state index contributed by atoms with van der Waals surface area (Å²) in [7, 11) is 3.29. The lowest BCUT2D eigenvalue weighted by atomic mass is 9.70. The van der Waals surface area contributed by atoms with Gasteiger partial charge in [-0.25, -0.2) is 4.79 Å². The molecule has 0 spiro atoms. The summed E-state index contributed by atoms with van der Waals surface area (Å²) in [5, 5.41) is 11.9. The molecule has 1 unspecified atom stereocenters. The summed E-state index contributed by atoms with van der Waals surface area (Å²) >= 11 is 0. The summed E-state index contributed by atoms with van der Waals surface area (Å²) < 4.78 is 11.0. The summed E-state index contributed by atoms with van der Waals surface area (Å²) in [5.41, 5.74) is 3.99. The fourth-order valence-electron chi connectivity index (χ4n) is 3.81. The minimum atomic E-state index is -0.994. The molecule has 2 aromatic rings. The van der Waals surface area contributed by atoms with Crippen LogP contribution in [-0.2, 0) is 6.42 Å². The van der Waals surface area contributed by atoms with Crippen molar-refractivity contribution < 1.29 is 19.4 Å². The Kier molecular flexibility index (Phi) is 4.81. The van der Waals surface area contributed by atoms with E-state index < -0.39 is 6.09 Å². The van der Waals surface area contributed by atoms with Gasteiger partial charge in [-0.05, 0) is 47.1 Å². The molecule has 5 heteroatoms. The highest BCUT2D eigenvalue weighted by Gasteiger charge is 2.37. The van der Waals surface area contributed by atoms with Crippen LogP contribution in [0.5, 0.6) is 11.5 Å². The maximum Gasteiger partial charge on any atom is 0.405 e. The first-order valence-electron chi connectivity index (χ1n) is 8.71. The molecular weight excluding hydrogens is 330 g/mol. The zero-order valence-electron chi connectivity index (χ0n) is 15.6. The van der Waals surface area contributed by atoms with Crippen molar-refractivity contribution >= 4 is 6.09 Å². The van der Waals surface area contributed by atoms with Crippen molar-refractivity contribution in [3.8, 4) is 22.6 Å². The summed E-state index contributed by atoms with van der Waals surface area (Å²) in [6.07, 6.45) is 0.828. The standard InChI is InChI=1S/C21H25NO4/c1-21(2)11-10-13-12-14(8-9-15(13)19(21)22-20(23)24)18-16(25-3)6-5-7-17(18)26-4/h5-9,12,19,22H,10-11H2,1-4H3,(H,23,24). The summed E-state index contributed by atoms with van der Waals surface area (Å²) in [5.74, 6) is 1.50. The topological polar surface area (TPSA) is 67.8 Å². The van der Waals surface area contributed by atoms with E-state index in [1.54, 1.807) is 14.2 Å². The van der Waals surface area contributed by atoms with Gasteiger partial charge in [0.1, 0.15) is 11.5 Å². The van der Waals surface area contributed by atoms with Crippen molar-refractivity contribution in [2.45, 2.75) is 32.7 Å². The second-order valence-electron chi connectivity index (χ2n) is 7.32. The second kappa shape index (κ2) is 6.90. The third-order valence-electron chi connectivity index (χ3n) is 5.26. The van der Waals surface area contributed by atoms with E-state index in [-0.39, 0.29) is 11.5 Å². The Morgan fingerprint density at radius 2 is 1.81 bits per heavy atom. The maximum atomic E-state index is 11.3. The van der Waals surface area contributed by atoms with Gasteiger partial charge in [-0.1, -0.05) is 38.1 Å². The van der Waals surface area contributed by atoms with Crippen LogP contribution in [0.4, 0.5) is 4.79 Å². The highest BCUT2D eigenvalue weighted by Crippen LogP contribution is 2.46. The minimum Gasteiger partial charge on any atom is -0.496 e. The quantitative estimate of drug-likeness (QED) is 0.837. The van der Waals surface area contributed by atoms with Gasteiger partial charge < -0.3 is 19.9 Å². The van der Waals surface area contributed by atoms with Gasteiger partial charge in [0.25, 0.3) is 0 Å². The van der Waals surface area contributed by atoms with Gasteiger partial charge in [0.2, 0.25) is 0 Å². The SMILES string of the molecule is COc1cccc(OC)c1-c1ccc2c(c1)CCC(C)(C)C2NC(=O)O. The zero-order chi connectivity index (χ0) is 18.9. The lowest BCUT2D eigenvalue weighted by Gasteiger charge is -2.40. The third kappa shape index (κ3) is 3.21. The first-order chi connectivity index (χ1) is 12.4. The summed E-state index contributed by atoms with van der Waals surface area (Å²) in [6.45, 7) is 4.21. The van der Waals surface area contributed by atoms with Crippen LogP contribution in [0, 0.1) is 5.41 Å². The van der Waals surface area contributed by atoms with Crippen molar-refractivity contribution in [3.63, 3.8) is 0 Å². The van der Waals surface area contributed by atoms with E-state index in [0.29, 0.717) is 0 Å². The van der Waals surface area contributed by atoms with Crippen molar-refractivity contribution in [2.75, 3.05) is 14.2 Å². The Morgan fingerprint density at radius 3 is 2.38 bits per heavy atom. The Bertz CT molecular complexity index is 807. The minimum absolute atomic E-state index is 0.130. The number of ether oxygens (including phenoxy) is 2. The van der Waals surface area contributed by atoms with Crippen LogP contribution in [0.25, 0.3) is 11.1 Å². The molecule has 0 fully saturated rings. The van der Waals surface area contributed by atoms with E-state index in [1.165, 1.54) is 0 Å². The van der Waals surface area contributed by atoms with Gasteiger partial charge in [-0.2, -0.15) is 0 Å². The first kappa shape index (κ1) is 18.1. The molecule has 0 aromatic heterocycles. The molecule has 0 saturated carbocycles. The predicted octanol–water partition coefficient (Wildman–Crippen LogP) is 4.65. The number of amides is 1. The van der Waals surface area contributed by atoms with E-state index in [4.69, 9.17) is 9.47 Å². The van der Waals surface area contributed by atoms with Crippen molar-refractivity contribution in [3.05, 3.63) is 47.5 Å². The molecule has 0 bridgehead atoms. The molecule has 1 atom stereocenters. The number of carboxylic acid groups (broad SMARTS) is 1. The number of rotatable bonds is 4. The van der Waals surface area contributed by atoms with Gasteiger partial charge in [0, 0.05) is 0 Å². The van der Waals surface area contributed by atoms with Crippen LogP contribution in [0.15, 0.2) is 36.4 Å². The van der Waals surface area contributed by atoms with Crippen LogP contribution in [0.2, 0.25) is 0 Å². The maximum absolute atomic E-state index is 11.3. The van der Waals surface area contributed by atoms with E-state index in [0.717, 1.165) is 46.6 Å². The molecule has 138 valence electrons. The Hall–Kier alpha value is -2.69. The molecule has 3 rings (SSSR count). The van der Waals surface area contributed by atoms with Crippen LogP contribution in [0.1, 0.15) is 37.4 Å². The molecular formula is C21H25NO4. The second-order valence-corrected chi connectivity index (χ2v) is 7.32. The molecule has 1 aliphatic rings. The molecule has 26 heavy (non-hydrogen) atoms. The number of nitrogens with one attached hydrogen (secondary N) is 1. The largest absolute Gasteiger partial charge is 0.496 e. The Balaban J connectivity index is 2.10. The van der Waals surface area contributed by atoms with Crippen LogP contribution < -0.4 is 14.8 Å². The van der Waals surface area contributed by atoms with E-state index in [1.807, 2.05) is 30.3 Å². The van der Waals surface area contributed by atoms with Gasteiger partial charge >= 0.3 is 6.09 Å². The smallest absolute Gasteiger partial charge is 0.405 e. The fraction of sp³-hybridized carbons (Fsp3) is 0.381. The molecule has 5 nitrogen and oxygen atoms in total. The van der Waals surface area contributed by atoms with Crippen LogP contribution >= 0.6 is 0 Å². The van der Waals surface area contributed by atoms with E-state index in [2.05, 4.69) is 25.2 Å². The molecule has 0 radical (unpaired) electrons. The molecule has 0 aliphatic heterocycles. The highest BCUT2D eigenvalue weighted by molar-refractivity contribution is 5.78. The molecule has 2 aromatic carbocycles. The lowest BCUT2D eigenvalue weighted by molar-refractivity contribution is 0.161. The molecule has 0 heterocycles. The average Bonchev–Trinajstić information content (AvgIpc) is 2.62. The fourth-order valence-corrected chi connectivity index (χ4v) is 3.81. The first-order valence-corrected chi connectivity index (χ1v) is 8.71. The van der Waals surface area contributed by atoms with Crippen molar-refractivity contribution in [2.24, 2.45) is 5.41 Å². The third-order valence-corrected chi connectivity index (χ3v) is 5.26. The average molecular weight is 355 g/mol. The summed E-state index contributed by atoms with van der Waals surface area (Å²) in [6, 6.07) is 11.7. The van der Waals surface area contributed by atoms with Crippen LogP contribution in [0.3, 0.4) is 0 Å². The number of fused-ring (bicyclic) bond motifs is 1. The lowest BCUT2D eigenvalue weighted by Crippen LogP contribution is -2.40. The number of hydrogen-bond donors (Lipinski definition) is 2. The highest BCUT2D eigenvalue weighted by atomic mass is 16.5. The van der Waals surface area contributed by atoms with E-state index >= 15 is 0 Å².